The van der Waals surface area contributed by atoms with Crippen molar-refractivity contribution >= 4 is 29.0 Å². The smallest absolute Gasteiger partial charge is 0.255 e. The summed E-state index contributed by atoms with van der Waals surface area (Å²) in [6.07, 6.45) is 0.453. The third kappa shape index (κ3) is 5.57. The molecule has 2 aromatic carbocycles. The number of Topliss-reactive ketones (excluding diaryl/α,β-unsaturated/α-hetero) is 1. The van der Waals surface area contributed by atoms with Crippen molar-refractivity contribution in [2.45, 2.75) is 27.2 Å². The first-order valence-corrected chi connectivity index (χ1v) is 8.17. The summed E-state index contributed by atoms with van der Waals surface area (Å²) >= 11 is 0. The zero-order chi connectivity index (χ0) is 18.4. The monoisotopic (exact) mass is 338 g/mol. The van der Waals surface area contributed by atoms with Crippen LogP contribution in [0, 0.1) is 5.92 Å². The maximum Gasteiger partial charge on any atom is 0.255 e. The largest absolute Gasteiger partial charge is 0.326 e. The number of nitrogens with one attached hydrogen (secondary N) is 2. The lowest BCUT2D eigenvalue weighted by atomic mass is 10.1. The van der Waals surface area contributed by atoms with Crippen molar-refractivity contribution in [3.05, 3.63) is 59.7 Å². The van der Waals surface area contributed by atoms with Gasteiger partial charge in [-0.05, 0) is 49.2 Å². The van der Waals surface area contributed by atoms with Crippen molar-refractivity contribution in [1.82, 2.24) is 0 Å². The Morgan fingerprint density at radius 3 is 2.16 bits per heavy atom. The maximum atomic E-state index is 12.3. The molecule has 0 unspecified atom stereocenters. The molecule has 2 amide bonds. The minimum Gasteiger partial charge on any atom is -0.326 e. The molecule has 0 aliphatic carbocycles. The van der Waals surface area contributed by atoms with Gasteiger partial charge in [-0.2, -0.15) is 0 Å². The summed E-state index contributed by atoms with van der Waals surface area (Å²) in [5.41, 5.74) is 2.23. The van der Waals surface area contributed by atoms with Crippen molar-refractivity contribution in [2.24, 2.45) is 5.92 Å². The van der Waals surface area contributed by atoms with E-state index in [9.17, 15) is 14.4 Å². The number of carbonyl (C=O) groups excluding carboxylic acids is 3. The van der Waals surface area contributed by atoms with Gasteiger partial charge in [0.2, 0.25) is 5.91 Å². The first-order valence-electron chi connectivity index (χ1n) is 8.17. The molecule has 130 valence electrons. The highest BCUT2D eigenvalue weighted by molar-refractivity contribution is 6.05. The van der Waals surface area contributed by atoms with Gasteiger partial charge in [0.05, 0.1) is 0 Å². The molecule has 0 aliphatic rings. The van der Waals surface area contributed by atoms with Crippen LogP contribution in [0.5, 0.6) is 0 Å². The third-order valence-electron chi connectivity index (χ3n) is 3.55. The minimum atomic E-state index is -0.277. The van der Waals surface area contributed by atoms with E-state index in [2.05, 4.69) is 10.6 Å². The number of hydrogen-bond donors (Lipinski definition) is 2. The average molecular weight is 338 g/mol. The SMILES string of the molecule is CC(=O)c1cccc(NC(=O)c2ccc(NC(=O)CC(C)C)cc2)c1. The van der Waals surface area contributed by atoms with Gasteiger partial charge in [-0.1, -0.05) is 26.0 Å². The van der Waals surface area contributed by atoms with Gasteiger partial charge in [-0.3, -0.25) is 14.4 Å². The molecule has 2 aromatic rings. The van der Waals surface area contributed by atoms with Gasteiger partial charge in [0.25, 0.3) is 5.91 Å². The second-order valence-electron chi connectivity index (χ2n) is 6.31. The number of anilines is 2. The van der Waals surface area contributed by atoms with Crippen molar-refractivity contribution in [3.63, 3.8) is 0 Å². The molecule has 0 aromatic heterocycles. The van der Waals surface area contributed by atoms with Crippen molar-refractivity contribution < 1.29 is 14.4 Å². The van der Waals surface area contributed by atoms with Gasteiger partial charge in [-0.25, -0.2) is 0 Å². The zero-order valence-electron chi connectivity index (χ0n) is 14.6. The van der Waals surface area contributed by atoms with Crippen LogP contribution in [0.2, 0.25) is 0 Å². The molecule has 0 fully saturated rings. The number of amides is 2. The standard InChI is InChI=1S/C20H22N2O3/c1-13(2)11-19(24)21-17-9-7-15(8-10-17)20(25)22-18-6-4-5-16(12-18)14(3)23/h4-10,12-13H,11H2,1-3H3,(H,21,24)(H,22,25). The Hall–Kier alpha value is -2.95. The molecule has 0 atom stereocenters. The Labute approximate surface area is 147 Å². The van der Waals surface area contributed by atoms with Gasteiger partial charge in [0.15, 0.2) is 5.78 Å². The van der Waals surface area contributed by atoms with Crippen LogP contribution in [-0.2, 0) is 4.79 Å². The van der Waals surface area contributed by atoms with Crippen LogP contribution < -0.4 is 10.6 Å². The van der Waals surface area contributed by atoms with E-state index in [0.717, 1.165) is 0 Å². The van der Waals surface area contributed by atoms with E-state index in [4.69, 9.17) is 0 Å². The Kier molecular flexibility index (Phi) is 6.06. The van der Waals surface area contributed by atoms with Crippen LogP contribution in [0.1, 0.15) is 47.9 Å². The summed E-state index contributed by atoms with van der Waals surface area (Å²) in [4.78, 5) is 35.4. The fourth-order valence-corrected chi connectivity index (χ4v) is 2.31. The van der Waals surface area contributed by atoms with Crippen LogP contribution in [0.3, 0.4) is 0 Å². The first-order chi connectivity index (χ1) is 11.8. The summed E-state index contributed by atoms with van der Waals surface area (Å²) in [7, 11) is 0. The molecule has 0 bridgehead atoms. The topological polar surface area (TPSA) is 75.3 Å². The molecular weight excluding hydrogens is 316 g/mol. The van der Waals surface area contributed by atoms with Crippen molar-refractivity contribution in [3.8, 4) is 0 Å². The maximum absolute atomic E-state index is 12.3. The van der Waals surface area contributed by atoms with E-state index in [1.165, 1.54) is 6.92 Å². The number of hydrogen-bond acceptors (Lipinski definition) is 3. The van der Waals surface area contributed by atoms with E-state index in [-0.39, 0.29) is 23.5 Å². The molecule has 0 radical (unpaired) electrons. The first kappa shape index (κ1) is 18.4. The highest BCUT2D eigenvalue weighted by Gasteiger charge is 2.09. The normalized spacial score (nSPS) is 10.4. The Morgan fingerprint density at radius 2 is 1.56 bits per heavy atom. The third-order valence-corrected chi connectivity index (χ3v) is 3.55. The van der Waals surface area contributed by atoms with E-state index in [0.29, 0.717) is 28.9 Å². The van der Waals surface area contributed by atoms with Crippen molar-refractivity contribution in [1.29, 1.82) is 0 Å². The molecule has 0 aliphatic heterocycles. The molecule has 0 spiro atoms. The molecule has 0 heterocycles. The molecule has 25 heavy (non-hydrogen) atoms. The quantitative estimate of drug-likeness (QED) is 0.778. The molecule has 0 saturated carbocycles. The second-order valence-corrected chi connectivity index (χ2v) is 6.31. The predicted molar refractivity (Wildman–Crippen MR) is 98.9 cm³/mol. The summed E-state index contributed by atoms with van der Waals surface area (Å²) < 4.78 is 0. The number of rotatable bonds is 6. The van der Waals surface area contributed by atoms with Crippen LogP contribution in [0.4, 0.5) is 11.4 Å². The Morgan fingerprint density at radius 1 is 0.880 bits per heavy atom. The lowest BCUT2D eigenvalue weighted by Crippen LogP contribution is -2.15. The predicted octanol–water partition coefficient (Wildman–Crippen LogP) is 4.13. The summed E-state index contributed by atoms with van der Waals surface area (Å²) in [5, 5.41) is 5.56. The molecular formula is C20H22N2O3. The fourth-order valence-electron chi connectivity index (χ4n) is 2.31. The Bertz CT molecular complexity index is 780. The molecule has 2 N–H and O–H groups in total. The van der Waals surface area contributed by atoms with Crippen LogP contribution in [-0.4, -0.2) is 17.6 Å². The van der Waals surface area contributed by atoms with Gasteiger partial charge >= 0.3 is 0 Å². The van der Waals surface area contributed by atoms with Gasteiger partial charge < -0.3 is 10.6 Å². The van der Waals surface area contributed by atoms with E-state index in [1.54, 1.807) is 48.5 Å². The Balaban J connectivity index is 2.02. The lowest BCUT2D eigenvalue weighted by Gasteiger charge is -2.09. The number of benzene rings is 2. The molecule has 0 saturated heterocycles. The van der Waals surface area contributed by atoms with Gasteiger partial charge in [-0.15, -0.1) is 0 Å². The van der Waals surface area contributed by atoms with Gasteiger partial charge in [0.1, 0.15) is 0 Å². The summed E-state index contributed by atoms with van der Waals surface area (Å²) in [6, 6.07) is 13.5. The minimum absolute atomic E-state index is 0.0479. The van der Waals surface area contributed by atoms with E-state index < -0.39 is 0 Å². The summed E-state index contributed by atoms with van der Waals surface area (Å²) in [5.74, 6) is -0.0950. The fraction of sp³-hybridized carbons (Fsp3) is 0.250. The molecule has 5 nitrogen and oxygen atoms in total. The van der Waals surface area contributed by atoms with E-state index >= 15 is 0 Å². The van der Waals surface area contributed by atoms with Crippen molar-refractivity contribution in [2.75, 3.05) is 10.6 Å². The van der Waals surface area contributed by atoms with Crippen LogP contribution in [0.25, 0.3) is 0 Å². The second kappa shape index (κ2) is 8.24. The van der Waals surface area contributed by atoms with Crippen LogP contribution in [0.15, 0.2) is 48.5 Å². The number of carbonyl (C=O) groups is 3. The zero-order valence-corrected chi connectivity index (χ0v) is 14.6. The van der Waals surface area contributed by atoms with Crippen LogP contribution >= 0.6 is 0 Å². The highest BCUT2D eigenvalue weighted by atomic mass is 16.2. The lowest BCUT2D eigenvalue weighted by molar-refractivity contribution is -0.116. The number of ketones is 1. The average Bonchev–Trinajstić information content (AvgIpc) is 2.54. The molecule has 2 rings (SSSR count). The summed E-state index contributed by atoms with van der Waals surface area (Å²) in [6.45, 7) is 5.44. The van der Waals surface area contributed by atoms with Gasteiger partial charge in [0, 0.05) is 28.9 Å². The molecule has 5 heteroatoms. The van der Waals surface area contributed by atoms with E-state index in [1.807, 2.05) is 13.8 Å². The highest BCUT2D eigenvalue weighted by Crippen LogP contribution is 2.15.